The summed E-state index contributed by atoms with van der Waals surface area (Å²) in [4.78, 5) is 15.8. The monoisotopic (exact) mass is 1560 g/mol. The van der Waals surface area contributed by atoms with Crippen LogP contribution in [0.1, 0.15) is 86.1 Å². The Morgan fingerprint density at radius 1 is 0.324 bits per heavy atom. The number of phenolic OH excluding ortho intramolecular Hbond substituents is 1. The van der Waals surface area contributed by atoms with Crippen LogP contribution >= 0.6 is 8.25 Å². The Morgan fingerprint density at radius 3 is 0.874 bits per heavy atom. The van der Waals surface area contributed by atoms with Crippen LogP contribution in [0.3, 0.4) is 0 Å². The minimum absolute atomic E-state index is 0. The van der Waals surface area contributed by atoms with Crippen molar-refractivity contribution >= 4 is 123 Å². The van der Waals surface area contributed by atoms with E-state index in [1.165, 1.54) is 136 Å². The molecule has 0 radical (unpaired) electrons. The third-order valence-electron chi connectivity index (χ3n) is 20.3. The summed E-state index contributed by atoms with van der Waals surface area (Å²) >= 11 is 2.50. The van der Waals surface area contributed by atoms with Gasteiger partial charge in [-0.1, -0.05) is 187 Å². The summed E-state index contributed by atoms with van der Waals surface area (Å²) in [5.41, 5.74) is 26.2. The van der Waals surface area contributed by atoms with Gasteiger partial charge in [-0.3, -0.25) is 0 Å². The van der Waals surface area contributed by atoms with E-state index >= 15 is 0 Å². The van der Waals surface area contributed by atoms with Gasteiger partial charge in [-0.05, 0) is 266 Å². The van der Waals surface area contributed by atoms with Gasteiger partial charge in [-0.2, -0.15) is 0 Å². The van der Waals surface area contributed by atoms with Crippen molar-refractivity contribution in [2.45, 2.75) is 71.6 Å². The predicted molar refractivity (Wildman–Crippen MR) is 440 cm³/mol. The number of benzene rings is 14. The average Bonchev–Trinajstić information content (AvgIpc) is 1.60. The summed E-state index contributed by atoms with van der Waals surface area (Å²) in [6.45, 7) is 17.5. The Kier molecular flexibility index (Phi) is 27.6. The van der Waals surface area contributed by atoms with Crippen LogP contribution in [0.5, 0.6) is 28.7 Å². The molecular weight excluding hydrogens is 1480 g/mol. The maximum absolute atomic E-state index is 12.2. The molecule has 1 atom stereocenters. The number of hydrogen-bond acceptors (Lipinski definition) is 10. The Bertz CT molecular complexity index is 5230. The van der Waals surface area contributed by atoms with Crippen LogP contribution in [-0.2, 0) is 25.5 Å². The quantitative estimate of drug-likeness (QED) is 0.0488. The Morgan fingerprint density at radius 2 is 0.595 bits per heavy atom. The molecule has 1 unspecified atom stereocenters. The van der Waals surface area contributed by atoms with Crippen molar-refractivity contribution in [3.63, 3.8) is 0 Å². The molecule has 0 aliphatic heterocycles. The molecule has 111 heavy (non-hydrogen) atoms. The van der Waals surface area contributed by atoms with Gasteiger partial charge in [0.1, 0.15) is 40.4 Å². The van der Waals surface area contributed by atoms with E-state index in [4.69, 9.17) is 24.2 Å². The van der Waals surface area contributed by atoms with Crippen molar-refractivity contribution in [3.05, 3.63) is 384 Å². The summed E-state index contributed by atoms with van der Waals surface area (Å²) in [5, 5.41) is 18.6. The molecule has 10 nitrogen and oxygen atoms in total. The topological polar surface area (TPSA) is 121 Å². The Labute approximate surface area is 737 Å². The molecule has 0 amide bonds. The van der Waals surface area contributed by atoms with Gasteiger partial charge in [0, 0.05) is 79.6 Å². The normalized spacial score (nSPS) is 12.8. The average molecular weight is 1560 g/mol. The fourth-order valence-electron chi connectivity index (χ4n) is 15.3. The number of halogens is 2. The fourth-order valence-corrected chi connectivity index (χ4v) is 15.3. The number of ether oxygens (including phenoxy) is 2. The van der Waals surface area contributed by atoms with Crippen LogP contribution in [-0.4, -0.2) is 68.3 Å². The van der Waals surface area contributed by atoms with Crippen molar-refractivity contribution in [1.82, 2.24) is 0 Å². The molecule has 0 spiro atoms. The second-order valence-electron chi connectivity index (χ2n) is 28.7. The Balaban J connectivity index is 0.000000203. The van der Waals surface area contributed by atoms with Crippen LogP contribution < -0.4 is 85.7 Å². The van der Waals surface area contributed by atoms with E-state index in [-0.39, 0.29) is 67.6 Å². The van der Waals surface area contributed by atoms with Crippen molar-refractivity contribution in [1.29, 1.82) is 0 Å². The van der Waals surface area contributed by atoms with Gasteiger partial charge < -0.3 is 39.4 Å². The molecular formula is C95H79F2K3N3O7P. The third kappa shape index (κ3) is 18.6. The number of aromatic hydroxyl groups is 1. The second kappa shape index (κ2) is 36.8. The first kappa shape index (κ1) is 83.1. The molecule has 0 bridgehead atoms. The van der Waals surface area contributed by atoms with Crippen LogP contribution in [0.2, 0.25) is 0 Å². The molecule has 0 heterocycles. The van der Waals surface area contributed by atoms with E-state index in [1.54, 1.807) is 13.0 Å². The van der Waals surface area contributed by atoms with Gasteiger partial charge in [0.05, 0.1) is 0 Å². The summed E-state index contributed by atoms with van der Waals surface area (Å²) in [6.07, 6.45) is 0. The van der Waals surface area contributed by atoms with E-state index in [2.05, 4.69) is 347 Å². The zero-order chi connectivity index (χ0) is 77.4. The molecule has 3 aliphatic rings. The first-order chi connectivity index (χ1) is 53.1. The van der Waals surface area contributed by atoms with Gasteiger partial charge in [-0.25, -0.2) is 13.5 Å². The molecule has 0 fully saturated rings. The van der Waals surface area contributed by atoms with Gasteiger partial charge in [-0.15, -0.1) is 0 Å². The molecule has 538 valence electrons. The van der Waals surface area contributed by atoms with Crippen LogP contribution in [0, 0.1) is 25.5 Å². The summed E-state index contributed by atoms with van der Waals surface area (Å²) in [5.74, 6) is 2.31. The molecule has 3 aliphatic carbocycles. The van der Waals surface area contributed by atoms with Crippen LogP contribution in [0.4, 0.5) is 60.0 Å². The molecule has 17 rings (SSSR count). The number of hydrogen-bond donors (Lipinski definition) is 1. The SMILES string of the molecule is CC1(C)c2ccc(O)cc2-c2ccc(N(c3ccccc3)c3ccccc3)cc21.Cc1cc(F)cc(F)c1.Cc1cc(Oc2ccc3c(c2)-c2ccc(N(c4ccccc4)c4ccccc4)cc2C3(C)C)cc(Oc2ccc3c(c2)-c2ccc(N(c4ccccc4)c4ccccc4)cc2C3(C)C)c1.O=[P+]([O-])O[O-].[K+].[K][K]. The standard InChI is InChI=1S/C61H50N2O2.C27H23NO.C7H6F2.3K.HO4P/c1-41-34-50(64-48-28-32-56-54(39-48)52-30-26-46(36-58(52)60(56,2)3)62(42-18-10-6-11-19-42)43-20-12-7-13-21-43)38-51(35-41)65-49-29-33-57-55(40-49)53-31-27-47(37-59(53)61(57,4)5)63(44-22-14-8-15-23-44)45-24-16-9-17-25-45;1-27(2)25-16-14-22(29)18-24(25)23-15-13-21(17-26(23)27)28(19-9-5-3-6-10-19)20-11-7-4-8-12-20;1-5-2-6(8)4-7(9)3-5;;;;1-4-5(2)3/h6-40H,1-5H3;3-18,29H,1-2H3;2-4H,1H3;;;;1H/q;;;;;+1;/p-1. The second-order valence-corrected chi connectivity index (χ2v) is 29.3. The number of fused-ring (bicyclic) bond motifs is 9. The van der Waals surface area contributed by atoms with E-state index in [0.29, 0.717) is 11.3 Å². The van der Waals surface area contributed by atoms with Gasteiger partial charge in [0.25, 0.3) is 0 Å². The number of anilines is 9. The molecule has 0 aromatic heterocycles. The molecule has 14 aromatic rings. The van der Waals surface area contributed by atoms with E-state index in [0.717, 1.165) is 91.4 Å². The van der Waals surface area contributed by atoms with Crippen LogP contribution in [0.25, 0.3) is 33.4 Å². The molecule has 0 saturated carbocycles. The van der Waals surface area contributed by atoms with E-state index < -0.39 is 19.9 Å². The number of phenols is 1. The number of aryl methyl sites for hydroxylation is 2. The summed E-state index contributed by atoms with van der Waals surface area (Å²) < 4.78 is 49.0. The van der Waals surface area contributed by atoms with Gasteiger partial charge in [0.2, 0.25) is 0 Å². The first-order valence-corrected chi connectivity index (χ1v) is 53.8. The van der Waals surface area contributed by atoms with Gasteiger partial charge >= 0.3 is 123 Å². The molecule has 0 saturated heterocycles. The molecule has 16 heteroatoms. The first-order valence-electron chi connectivity index (χ1n) is 36.8. The Hall–Kier alpha value is -7.37. The molecule has 14 aromatic carbocycles. The third-order valence-corrected chi connectivity index (χ3v) is 20.5. The summed E-state index contributed by atoms with van der Waals surface area (Å²) in [7, 11) is -3.15. The van der Waals surface area contributed by atoms with E-state index in [1.807, 2.05) is 24.3 Å². The van der Waals surface area contributed by atoms with Crippen molar-refractivity contribution < 1.29 is 94.1 Å². The minimum atomic E-state index is -3.15. The van der Waals surface area contributed by atoms with Crippen LogP contribution in [0.15, 0.2) is 328 Å². The zero-order valence-electron chi connectivity index (χ0n) is 64.1. The summed E-state index contributed by atoms with van der Waals surface area (Å²) in [6, 6.07) is 112. The zero-order valence-corrected chi connectivity index (χ0v) is 74.4. The molecule has 1 N–H and O–H groups in total. The van der Waals surface area contributed by atoms with Crippen molar-refractivity contribution in [2.24, 2.45) is 0 Å². The van der Waals surface area contributed by atoms with E-state index in [9.17, 15) is 13.9 Å². The fraction of sp³-hybridized carbons (Fsp3) is 0.116. The van der Waals surface area contributed by atoms with Crippen molar-refractivity contribution in [2.75, 3.05) is 14.7 Å². The number of rotatable bonds is 14. The number of para-hydroxylation sites is 6. The number of nitrogens with zero attached hydrogens (tertiary/aromatic N) is 3. The maximum atomic E-state index is 12.2. The predicted octanol–water partition coefficient (Wildman–Crippen LogP) is 21.1. The van der Waals surface area contributed by atoms with Crippen molar-refractivity contribution in [3.8, 4) is 62.1 Å². The van der Waals surface area contributed by atoms with Gasteiger partial charge in [0.15, 0.2) is 0 Å².